The molecule has 0 radical (unpaired) electrons. The summed E-state index contributed by atoms with van der Waals surface area (Å²) in [6, 6.07) is 18.3. The van der Waals surface area contributed by atoms with E-state index >= 15 is 0 Å². The summed E-state index contributed by atoms with van der Waals surface area (Å²) >= 11 is 1.08. The van der Waals surface area contributed by atoms with Crippen molar-refractivity contribution in [2.24, 2.45) is 0 Å². The van der Waals surface area contributed by atoms with Crippen LogP contribution in [-0.4, -0.2) is 37.8 Å². The molecule has 0 bridgehead atoms. The van der Waals surface area contributed by atoms with Crippen LogP contribution in [0.3, 0.4) is 0 Å². The number of hydrogen-bond acceptors (Lipinski definition) is 6. The molecule has 0 aliphatic heterocycles. The highest BCUT2D eigenvalue weighted by molar-refractivity contribution is 7.07. The Morgan fingerprint density at radius 1 is 1.16 bits per heavy atom. The fraction of sp³-hybridized carbons (Fsp3) is 0.174. The van der Waals surface area contributed by atoms with Crippen LogP contribution in [0, 0.1) is 11.3 Å². The Labute approximate surface area is 183 Å². The molecule has 1 heterocycles. The molecule has 31 heavy (non-hydrogen) atoms. The molecule has 0 saturated heterocycles. The average Bonchev–Trinajstić information content (AvgIpc) is 3.10. The van der Waals surface area contributed by atoms with Crippen LogP contribution in [-0.2, 0) is 9.53 Å². The number of methoxy groups -OCH3 is 2. The number of carbonyl (C=O) groups excluding carboxylic acids is 1. The second kappa shape index (κ2) is 10.4. The molecule has 1 N–H and O–H groups in total. The van der Waals surface area contributed by atoms with Gasteiger partial charge in [-0.2, -0.15) is 5.26 Å². The fourth-order valence-corrected chi connectivity index (χ4v) is 4.03. The van der Waals surface area contributed by atoms with E-state index in [4.69, 9.17) is 9.47 Å². The smallest absolute Gasteiger partial charge is 0.273 e. The monoisotopic (exact) mass is 435 g/mol. The molecule has 2 aromatic carbocycles. The summed E-state index contributed by atoms with van der Waals surface area (Å²) in [5.41, 5.74) is 0.789. The molecular formula is C23H21N3O4S. The number of aromatic nitrogens is 1. The second-order valence-corrected chi connectivity index (χ2v) is 7.41. The molecule has 1 aromatic heterocycles. The number of carbonyl (C=O) groups is 1. The van der Waals surface area contributed by atoms with E-state index in [-0.39, 0.29) is 22.3 Å². The van der Waals surface area contributed by atoms with Crippen molar-refractivity contribution in [1.82, 2.24) is 9.88 Å². The average molecular weight is 436 g/mol. The van der Waals surface area contributed by atoms with Gasteiger partial charge >= 0.3 is 0 Å². The van der Waals surface area contributed by atoms with Gasteiger partial charge < -0.3 is 14.8 Å². The van der Waals surface area contributed by atoms with Crippen molar-refractivity contribution in [3.05, 3.63) is 79.7 Å². The fourth-order valence-electron chi connectivity index (χ4n) is 2.93. The van der Waals surface area contributed by atoms with Crippen molar-refractivity contribution >= 4 is 28.9 Å². The van der Waals surface area contributed by atoms with Crippen molar-refractivity contribution in [1.29, 1.82) is 5.26 Å². The lowest BCUT2D eigenvalue weighted by Gasteiger charge is -2.09. The van der Waals surface area contributed by atoms with Gasteiger partial charge in [-0.3, -0.25) is 14.2 Å². The van der Waals surface area contributed by atoms with Crippen LogP contribution >= 0.6 is 11.3 Å². The van der Waals surface area contributed by atoms with Gasteiger partial charge in [0.25, 0.3) is 11.5 Å². The number of nitrogens with one attached hydrogen (secondary N) is 1. The first-order chi connectivity index (χ1) is 15.1. The predicted octanol–water partition coefficient (Wildman–Crippen LogP) is 1.17. The highest BCUT2D eigenvalue weighted by Crippen LogP contribution is 2.19. The normalized spacial score (nSPS) is 12.2. The molecule has 0 fully saturated rings. The van der Waals surface area contributed by atoms with E-state index in [9.17, 15) is 14.9 Å². The molecule has 0 saturated carbocycles. The van der Waals surface area contributed by atoms with Crippen LogP contribution in [0.2, 0.25) is 0 Å². The zero-order valence-corrected chi connectivity index (χ0v) is 17.9. The number of nitrogens with zero attached hydrogens (tertiary/aromatic N) is 2. The Morgan fingerprint density at radius 3 is 2.55 bits per heavy atom. The number of ether oxygens (including phenoxy) is 2. The number of nitriles is 1. The highest BCUT2D eigenvalue weighted by atomic mass is 32.1. The van der Waals surface area contributed by atoms with Crippen LogP contribution in [0.15, 0.2) is 59.4 Å². The molecule has 158 valence electrons. The van der Waals surface area contributed by atoms with E-state index < -0.39 is 5.91 Å². The van der Waals surface area contributed by atoms with Crippen LogP contribution in [0.1, 0.15) is 5.56 Å². The SMILES string of the molecule is COCCNC(=O)/C(C#N)=c1\s/c(=C\c2ccccc2)c(=O)n1-c1ccccc1OC. The Kier molecular flexibility index (Phi) is 7.38. The Balaban J connectivity index is 2.33. The first-order valence-electron chi connectivity index (χ1n) is 9.44. The van der Waals surface area contributed by atoms with E-state index in [1.54, 1.807) is 30.3 Å². The third-order valence-corrected chi connectivity index (χ3v) is 5.48. The minimum Gasteiger partial charge on any atom is -0.495 e. The maximum absolute atomic E-state index is 13.4. The number of thiazole rings is 1. The maximum atomic E-state index is 13.4. The first-order valence-corrected chi connectivity index (χ1v) is 10.3. The Bertz CT molecular complexity index is 1290. The maximum Gasteiger partial charge on any atom is 0.273 e. The summed E-state index contributed by atoms with van der Waals surface area (Å²) in [6.45, 7) is 0.551. The lowest BCUT2D eigenvalue weighted by atomic mass is 10.2. The van der Waals surface area contributed by atoms with Gasteiger partial charge in [0.05, 0.1) is 23.9 Å². The summed E-state index contributed by atoms with van der Waals surface area (Å²) in [5.74, 6) is -0.122. The first kappa shape index (κ1) is 22.0. The number of rotatable bonds is 7. The quantitative estimate of drug-likeness (QED) is 0.563. The third-order valence-electron chi connectivity index (χ3n) is 4.39. The topological polar surface area (TPSA) is 93.4 Å². The molecule has 3 aromatic rings. The van der Waals surface area contributed by atoms with Gasteiger partial charge in [-0.1, -0.05) is 42.5 Å². The van der Waals surface area contributed by atoms with E-state index in [1.165, 1.54) is 18.8 Å². The van der Waals surface area contributed by atoms with Gasteiger partial charge in [-0.15, -0.1) is 11.3 Å². The number of benzene rings is 2. The molecule has 0 aliphatic carbocycles. The summed E-state index contributed by atoms with van der Waals surface area (Å²) in [5, 5.41) is 12.4. The van der Waals surface area contributed by atoms with Crippen LogP contribution in [0.4, 0.5) is 0 Å². The zero-order valence-electron chi connectivity index (χ0n) is 17.1. The number of hydrogen-bond donors (Lipinski definition) is 1. The van der Waals surface area contributed by atoms with Crippen molar-refractivity contribution in [3.63, 3.8) is 0 Å². The van der Waals surface area contributed by atoms with Crippen molar-refractivity contribution in [2.45, 2.75) is 0 Å². The van der Waals surface area contributed by atoms with E-state index in [0.717, 1.165) is 16.9 Å². The predicted molar refractivity (Wildman–Crippen MR) is 120 cm³/mol. The molecule has 0 atom stereocenters. The zero-order chi connectivity index (χ0) is 22.2. The Hall–Kier alpha value is -3.67. The van der Waals surface area contributed by atoms with E-state index in [2.05, 4.69) is 5.32 Å². The number of para-hydroxylation sites is 2. The molecule has 0 spiro atoms. The molecule has 0 unspecified atom stereocenters. The van der Waals surface area contributed by atoms with Crippen molar-refractivity contribution in [2.75, 3.05) is 27.4 Å². The summed E-state index contributed by atoms with van der Waals surface area (Å²) in [4.78, 5) is 26.1. The second-order valence-electron chi connectivity index (χ2n) is 6.37. The van der Waals surface area contributed by atoms with Gasteiger partial charge in [0.2, 0.25) is 0 Å². The molecule has 3 rings (SSSR count). The van der Waals surface area contributed by atoms with Gasteiger partial charge in [-0.05, 0) is 23.8 Å². The van der Waals surface area contributed by atoms with Gasteiger partial charge in [-0.25, -0.2) is 0 Å². The van der Waals surface area contributed by atoms with E-state index in [1.807, 2.05) is 36.4 Å². The van der Waals surface area contributed by atoms with Gasteiger partial charge in [0, 0.05) is 13.7 Å². The van der Waals surface area contributed by atoms with Crippen molar-refractivity contribution < 1.29 is 14.3 Å². The minimum atomic E-state index is -0.573. The van der Waals surface area contributed by atoms with Crippen LogP contribution in [0.25, 0.3) is 17.3 Å². The summed E-state index contributed by atoms with van der Waals surface area (Å²) in [7, 11) is 3.02. The molecular weight excluding hydrogens is 414 g/mol. The Morgan fingerprint density at radius 2 is 1.87 bits per heavy atom. The largest absolute Gasteiger partial charge is 0.495 e. The summed E-state index contributed by atoms with van der Waals surface area (Å²) in [6.07, 6.45) is 1.74. The van der Waals surface area contributed by atoms with Crippen molar-refractivity contribution in [3.8, 4) is 17.5 Å². The minimum absolute atomic E-state index is 0.156. The van der Waals surface area contributed by atoms with Gasteiger partial charge in [0.1, 0.15) is 16.5 Å². The summed E-state index contributed by atoms with van der Waals surface area (Å²) < 4.78 is 12.3. The lowest BCUT2D eigenvalue weighted by Crippen LogP contribution is -2.35. The lowest BCUT2D eigenvalue weighted by molar-refractivity contribution is -0.115. The number of amides is 1. The molecule has 0 aliphatic rings. The molecule has 7 nitrogen and oxygen atoms in total. The molecule has 1 amide bonds. The highest BCUT2D eigenvalue weighted by Gasteiger charge is 2.18. The third kappa shape index (κ3) is 4.91. The van der Waals surface area contributed by atoms with Crippen LogP contribution < -0.4 is 24.8 Å². The van der Waals surface area contributed by atoms with Gasteiger partial charge in [0.15, 0.2) is 5.57 Å². The van der Waals surface area contributed by atoms with Crippen LogP contribution in [0.5, 0.6) is 5.75 Å². The molecule has 8 heteroatoms. The standard InChI is InChI=1S/C23H21N3O4S/c1-29-13-12-25-21(27)17(15-24)23-26(18-10-6-7-11-19(18)30-2)22(28)20(31-23)14-16-8-4-3-5-9-16/h3-11,14H,12-13H2,1-2H3,(H,25,27)/b20-14-,23-17-. The van der Waals surface area contributed by atoms with E-state index in [0.29, 0.717) is 22.6 Å².